The monoisotopic (exact) mass is 194 g/mol. The second kappa shape index (κ2) is 4.60. The van der Waals surface area contributed by atoms with Crippen molar-refractivity contribution in [2.75, 3.05) is 13.6 Å². The van der Waals surface area contributed by atoms with Gasteiger partial charge >= 0.3 is 0 Å². The van der Waals surface area contributed by atoms with E-state index in [4.69, 9.17) is 5.11 Å². The molecule has 14 heavy (non-hydrogen) atoms. The van der Waals surface area contributed by atoms with Crippen LogP contribution >= 0.6 is 0 Å². The Morgan fingerprint density at radius 2 is 2.29 bits per heavy atom. The van der Waals surface area contributed by atoms with Gasteiger partial charge in [-0.05, 0) is 12.5 Å². The van der Waals surface area contributed by atoms with Gasteiger partial charge in [0.15, 0.2) is 0 Å². The number of aromatic hydroxyl groups is 1. The standard InChI is InChI=1S/C10H14N2O2/c1-3-4-12(2)10(14)8-5-9(13)7-11-6-8/h5-7,13H,3-4H2,1-2H3. The van der Waals surface area contributed by atoms with E-state index in [1.54, 1.807) is 11.9 Å². The summed E-state index contributed by atoms with van der Waals surface area (Å²) in [5.41, 5.74) is 0.418. The average Bonchev–Trinajstić information content (AvgIpc) is 2.17. The molecule has 0 bridgehead atoms. The van der Waals surface area contributed by atoms with Crippen LogP contribution in [-0.4, -0.2) is 34.5 Å². The molecule has 0 aliphatic rings. The molecule has 0 saturated heterocycles. The molecule has 0 aliphatic carbocycles. The lowest BCUT2D eigenvalue weighted by Crippen LogP contribution is -2.27. The molecule has 0 fully saturated rings. The first-order valence-electron chi connectivity index (χ1n) is 4.54. The summed E-state index contributed by atoms with van der Waals surface area (Å²) in [5.74, 6) is -0.101. The van der Waals surface area contributed by atoms with Gasteiger partial charge < -0.3 is 10.0 Å². The summed E-state index contributed by atoms with van der Waals surface area (Å²) >= 11 is 0. The average molecular weight is 194 g/mol. The van der Waals surface area contributed by atoms with Crippen LogP contribution in [0.1, 0.15) is 23.7 Å². The van der Waals surface area contributed by atoms with Crippen LogP contribution in [0.25, 0.3) is 0 Å². The van der Waals surface area contributed by atoms with Crippen LogP contribution in [-0.2, 0) is 0 Å². The van der Waals surface area contributed by atoms with Gasteiger partial charge in [0.05, 0.1) is 11.8 Å². The minimum absolute atomic E-state index is 0.0146. The number of carbonyl (C=O) groups is 1. The molecule has 0 aliphatic heterocycles. The van der Waals surface area contributed by atoms with Crippen molar-refractivity contribution in [1.82, 2.24) is 9.88 Å². The number of nitrogens with zero attached hydrogens (tertiary/aromatic N) is 2. The Bertz CT molecular complexity index is 326. The Balaban J connectivity index is 2.78. The van der Waals surface area contributed by atoms with E-state index in [0.717, 1.165) is 6.42 Å². The number of hydrogen-bond donors (Lipinski definition) is 1. The highest BCUT2D eigenvalue weighted by Crippen LogP contribution is 2.10. The number of pyridine rings is 1. The number of hydrogen-bond acceptors (Lipinski definition) is 3. The number of rotatable bonds is 3. The lowest BCUT2D eigenvalue weighted by molar-refractivity contribution is 0.0794. The highest BCUT2D eigenvalue weighted by molar-refractivity contribution is 5.94. The predicted octanol–water partition coefficient (Wildman–Crippen LogP) is 1.27. The predicted molar refractivity (Wildman–Crippen MR) is 53.2 cm³/mol. The van der Waals surface area contributed by atoms with E-state index < -0.39 is 0 Å². The van der Waals surface area contributed by atoms with Crippen molar-refractivity contribution in [2.45, 2.75) is 13.3 Å². The topological polar surface area (TPSA) is 53.4 Å². The molecular weight excluding hydrogens is 180 g/mol. The maximum atomic E-state index is 11.7. The highest BCUT2D eigenvalue weighted by atomic mass is 16.3. The molecule has 1 amide bonds. The zero-order valence-electron chi connectivity index (χ0n) is 8.40. The first-order chi connectivity index (χ1) is 6.65. The molecule has 0 radical (unpaired) electrons. The van der Waals surface area contributed by atoms with Crippen LogP contribution in [0, 0.1) is 0 Å². The molecule has 0 unspecified atom stereocenters. The van der Waals surface area contributed by atoms with Crippen LogP contribution in [0.5, 0.6) is 5.75 Å². The molecule has 1 aromatic rings. The number of aromatic nitrogens is 1. The first-order valence-corrected chi connectivity index (χ1v) is 4.54. The molecule has 0 spiro atoms. The van der Waals surface area contributed by atoms with Gasteiger partial charge in [-0.2, -0.15) is 0 Å². The maximum Gasteiger partial charge on any atom is 0.255 e. The molecule has 76 valence electrons. The van der Waals surface area contributed by atoms with Crippen molar-refractivity contribution in [3.8, 4) is 5.75 Å². The fourth-order valence-electron chi connectivity index (χ4n) is 1.20. The van der Waals surface area contributed by atoms with Crippen molar-refractivity contribution in [3.63, 3.8) is 0 Å². The molecule has 0 saturated carbocycles. The van der Waals surface area contributed by atoms with Crippen LogP contribution in [0.2, 0.25) is 0 Å². The van der Waals surface area contributed by atoms with Crippen molar-refractivity contribution < 1.29 is 9.90 Å². The minimum atomic E-state index is -0.116. The Morgan fingerprint density at radius 1 is 1.57 bits per heavy atom. The van der Waals surface area contributed by atoms with E-state index >= 15 is 0 Å². The Morgan fingerprint density at radius 3 is 2.86 bits per heavy atom. The van der Waals surface area contributed by atoms with Crippen LogP contribution in [0.3, 0.4) is 0 Å². The van der Waals surface area contributed by atoms with Crippen LogP contribution in [0.15, 0.2) is 18.5 Å². The summed E-state index contributed by atoms with van der Waals surface area (Å²) in [6.07, 6.45) is 3.67. The van der Waals surface area contributed by atoms with Crippen LogP contribution in [0.4, 0.5) is 0 Å². The summed E-state index contributed by atoms with van der Waals surface area (Å²) < 4.78 is 0. The van der Waals surface area contributed by atoms with Crippen molar-refractivity contribution >= 4 is 5.91 Å². The number of carbonyl (C=O) groups excluding carboxylic acids is 1. The molecule has 1 heterocycles. The van der Waals surface area contributed by atoms with Crippen molar-refractivity contribution in [2.24, 2.45) is 0 Å². The normalized spacial score (nSPS) is 9.86. The van der Waals surface area contributed by atoms with Gasteiger partial charge in [-0.25, -0.2) is 0 Å². The molecule has 1 aromatic heterocycles. The van der Waals surface area contributed by atoms with Gasteiger partial charge in [-0.1, -0.05) is 6.92 Å². The van der Waals surface area contributed by atoms with E-state index in [1.807, 2.05) is 6.92 Å². The van der Waals surface area contributed by atoms with Gasteiger partial charge in [0.2, 0.25) is 0 Å². The fourth-order valence-corrected chi connectivity index (χ4v) is 1.20. The minimum Gasteiger partial charge on any atom is -0.506 e. The van der Waals surface area contributed by atoms with E-state index in [1.165, 1.54) is 18.5 Å². The van der Waals surface area contributed by atoms with Crippen LogP contribution < -0.4 is 0 Å². The smallest absolute Gasteiger partial charge is 0.255 e. The first kappa shape index (κ1) is 10.5. The largest absolute Gasteiger partial charge is 0.506 e. The SMILES string of the molecule is CCCN(C)C(=O)c1cncc(O)c1. The molecule has 0 aromatic carbocycles. The van der Waals surface area contributed by atoms with E-state index in [9.17, 15) is 4.79 Å². The molecule has 1 rings (SSSR count). The second-order valence-corrected chi connectivity index (χ2v) is 3.16. The third-order valence-corrected chi connectivity index (χ3v) is 1.88. The summed E-state index contributed by atoms with van der Waals surface area (Å²) in [4.78, 5) is 17.0. The van der Waals surface area contributed by atoms with Crippen molar-refractivity contribution in [1.29, 1.82) is 0 Å². The summed E-state index contributed by atoms with van der Waals surface area (Å²) in [5, 5.41) is 9.14. The van der Waals surface area contributed by atoms with E-state index in [-0.39, 0.29) is 11.7 Å². The van der Waals surface area contributed by atoms with E-state index in [2.05, 4.69) is 4.98 Å². The molecular formula is C10H14N2O2. The summed E-state index contributed by atoms with van der Waals surface area (Å²) in [6, 6.07) is 1.42. The fraction of sp³-hybridized carbons (Fsp3) is 0.400. The Hall–Kier alpha value is -1.58. The lowest BCUT2D eigenvalue weighted by Gasteiger charge is -2.15. The van der Waals surface area contributed by atoms with Gasteiger partial charge in [-0.3, -0.25) is 9.78 Å². The van der Waals surface area contributed by atoms with E-state index in [0.29, 0.717) is 12.1 Å². The zero-order chi connectivity index (χ0) is 10.6. The highest BCUT2D eigenvalue weighted by Gasteiger charge is 2.11. The summed E-state index contributed by atoms with van der Waals surface area (Å²) in [7, 11) is 1.73. The Kier molecular flexibility index (Phi) is 3.45. The lowest BCUT2D eigenvalue weighted by atomic mass is 10.2. The third-order valence-electron chi connectivity index (χ3n) is 1.88. The quantitative estimate of drug-likeness (QED) is 0.788. The molecule has 1 N–H and O–H groups in total. The maximum absolute atomic E-state index is 11.7. The zero-order valence-corrected chi connectivity index (χ0v) is 8.40. The van der Waals surface area contributed by atoms with Gasteiger partial charge in [0, 0.05) is 19.8 Å². The molecule has 4 nitrogen and oxygen atoms in total. The molecule has 0 atom stereocenters. The number of amides is 1. The second-order valence-electron chi connectivity index (χ2n) is 3.16. The van der Waals surface area contributed by atoms with Gasteiger partial charge in [0.1, 0.15) is 5.75 Å². The third kappa shape index (κ3) is 2.45. The van der Waals surface area contributed by atoms with Gasteiger partial charge in [0.25, 0.3) is 5.91 Å². The van der Waals surface area contributed by atoms with Crippen molar-refractivity contribution in [3.05, 3.63) is 24.0 Å². The summed E-state index contributed by atoms with van der Waals surface area (Å²) in [6.45, 7) is 2.71. The van der Waals surface area contributed by atoms with Gasteiger partial charge in [-0.15, -0.1) is 0 Å². The molecule has 4 heteroatoms. The Labute approximate surface area is 83.2 Å².